The Morgan fingerprint density at radius 1 is 1.21 bits per heavy atom. The summed E-state index contributed by atoms with van der Waals surface area (Å²) in [4.78, 5) is 4.78. The van der Waals surface area contributed by atoms with E-state index in [2.05, 4.69) is 45.2 Å². The van der Waals surface area contributed by atoms with Gasteiger partial charge in [0.2, 0.25) is 0 Å². The number of rotatable bonds is 4. The fourth-order valence-electron chi connectivity index (χ4n) is 7.49. The van der Waals surface area contributed by atoms with Crippen LogP contribution in [0.4, 0.5) is 0 Å². The Bertz CT molecular complexity index is 446. The molecule has 6 rings (SSSR count). The SMILES string of the molecule is [O-]N(O)OCC[C@@]12[C@H]3[C@@H](I)[C@H]4[C@@H]5C[C@H]([C@@H]([C@H]53)[C@H]1I)[C@@H]42. The number of halogens is 2. The summed E-state index contributed by atoms with van der Waals surface area (Å²) in [5, 5.41) is 18.8. The topological polar surface area (TPSA) is 55.8 Å². The largest absolute Gasteiger partial charge is 0.738 e. The Morgan fingerprint density at radius 3 is 2.74 bits per heavy atom. The molecule has 19 heavy (non-hydrogen) atoms. The third-order valence-corrected chi connectivity index (χ3v) is 10.9. The van der Waals surface area contributed by atoms with E-state index < -0.39 is 0 Å². The fraction of sp³-hybridized carbons (Fsp3) is 1.00. The zero-order chi connectivity index (χ0) is 13.1. The molecule has 106 valence electrons. The predicted molar refractivity (Wildman–Crippen MR) is 84.7 cm³/mol. The van der Waals surface area contributed by atoms with E-state index in [1.807, 2.05) is 0 Å². The first kappa shape index (κ1) is 12.8. The molecule has 6 heteroatoms. The summed E-state index contributed by atoms with van der Waals surface area (Å²) in [5.74, 6) is 6.62. The highest BCUT2D eigenvalue weighted by Crippen LogP contribution is 2.89. The van der Waals surface area contributed by atoms with E-state index in [4.69, 9.17) is 10.0 Å². The zero-order valence-corrected chi connectivity index (χ0v) is 14.6. The average Bonchev–Trinajstić information content (AvgIpc) is 3.05. The maximum Gasteiger partial charge on any atom is 0.0706 e. The van der Waals surface area contributed by atoms with Gasteiger partial charge in [0.1, 0.15) is 0 Å². The van der Waals surface area contributed by atoms with Gasteiger partial charge in [-0.15, -0.1) is 5.39 Å². The second kappa shape index (κ2) is 3.79. The quantitative estimate of drug-likeness (QED) is 0.376. The Kier molecular flexibility index (Phi) is 2.55. The summed E-state index contributed by atoms with van der Waals surface area (Å²) in [6.45, 7) is 0.374. The van der Waals surface area contributed by atoms with Crippen LogP contribution in [-0.4, -0.2) is 25.1 Å². The highest BCUT2D eigenvalue weighted by atomic mass is 127. The third kappa shape index (κ3) is 1.17. The smallest absolute Gasteiger partial charge is 0.0706 e. The van der Waals surface area contributed by atoms with Crippen LogP contribution in [-0.2, 0) is 4.84 Å². The first-order valence-corrected chi connectivity index (χ1v) is 9.65. The van der Waals surface area contributed by atoms with E-state index in [1.165, 1.54) is 6.42 Å². The monoisotopic (exact) mass is 488 g/mol. The van der Waals surface area contributed by atoms with Crippen LogP contribution in [0.5, 0.6) is 0 Å². The highest BCUT2D eigenvalue weighted by molar-refractivity contribution is 14.1. The van der Waals surface area contributed by atoms with E-state index in [9.17, 15) is 5.21 Å². The second-order valence-corrected chi connectivity index (χ2v) is 9.91. The molecular formula is C13H16I2NO3-. The molecule has 0 aliphatic heterocycles. The summed E-state index contributed by atoms with van der Waals surface area (Å²) < 4.78 is 1.62. The summed E-state index contributed by atoms with van der Waals surface area (Å²) in [6, 6.07) is 0. The van der Waals surface area contributed by atoms with Crippen molar-refractivity contribution >= 4 is 45.2 Å². The van der Waals surface area contributed by atoms with Crippen molar-refractivity contribution in [3.05, 3.63) is 5.21 Å². The maximum absolute atomic E-state index is 10.5. The van der Waals surface area contributed by atoms with Gasteiger partial charge in [-0.05, 0) is 59.7 Å². The van der Waals surface area contributed by atoms with Gasteiger partial charge in [0.25, 0.3) is 0 Å². The molecule has 1 N–H and O–H groups in total. The van der Waals surface area contributed by atoms with Crippen LogP contribution in [0.3, 0.4) is 0 Å². The van der Waals surface area contributed by atoms with Gasteiger partial charge >= 0.3 is 0 Å². The first-order chi connectivity index (χ1) is 9.09. The molecule has 0 spiro atoms. The van der Waals surface area contributed by atoms with Crippen LogP contribution in [0.15, 0.2) is 0 Å². The minimum Gasteiger partial charge on any atom is -0.738 e. The lowest BCUT2D eigenvalue weighted by atomic mass is 9.62. The molecule has 0 radical (unpaired) electrons. The molecule has 6 fully saturated rings. The van der Waals surface area contributed by atoms with Crippen LogP contribution in [0.25, 0.3) is 0 Å². The van der Waals surface area contributed by atoms with Gasteiger partial charge in [0.15, 0.2) is 0 Å². The van der Waals surface area contributed by atoms with Crippen molar-refractivity contribution in [2.75, 3.05) is 6.61 Å². The van der Waals surface area contributed by atoms with Gasteiger partial charge in [-0.3, -0.25) is 4.84 Å². The van der Waals surface area contributed by atoms with Gasteiger partial charge in [-0.25, -0.2) is 0 Å². The van der Waals surface area contributed by atoms with E-state index in [1.54, 1.807) is 0 Å². The molecule has 0 heterocycles. The van der Waals surface area contributed by atoms with Gasteiger partial charge in [-0.1, -0.05) is 45.2 Å². The number of hydrogen-bond donors (Lipinski definition) is 1. The average molecular weight is 488 g/mol. The Balaban J connectivity index is 1.51. The molecular weight excluding hydrogens is 472 g/mol. The van der Waals surface area contributed by atoms with Crippen molar-refractivity contribution in [2.24, 2.45) is 46.8 Å². The summed E-state index contributed by atoms with van der Waals surface area (Å²) >= 11 is 5.43. The van der Waals surface area contributed by atoms with Crippen molar-refractivity contribution in [1.29, 1.82) is 0 Å². The van der Waals surface area contributed by atoms with Crippen molar-refractivity contribution < 1.29 is 10.0 Å². The summed E-state index contributed by atoms with van der Waals surface area (Å²) in [6.07, 6.45) is 2.44. The second-order valence-electron chi connectivity index (χ2n) is 7.13. The standard InChI is InChI=1S/C13H16I2NO3/c14-11-8-4-3-5-7-6(4)10(11)13(9(5)8,12(7)15)1-2-19-16(17)18/h4-12,17H,1-3H2/q-1/t4-,5-,6+,7+,8+,9+,10-,11+,12-,13-/m1/s1. The summed E-state index contributed by atoms with van der Waals surface area (Å²) in [7, 11) is 0. The molecule has 4 nitrogen and oxygen atoms in total. The Labute approximate surface area is 139 Å². The predicted octanol–water partition coefficient (Wildman–Crippen LogP) is 2.86. The van der Waals surface area contributed by atoms with Crippen molar-refractivity contribution in [2.45, 2.75) is 20.7 Å². The molecule has 0 aromatic heterocycles. The number of nitrogens with zero attached hydrogens (tertiary/aromatic N) is 1. The van der Waals surface area contributed by atoms with Gasteiger partial charge in [0.05, 0.1) is 6.61 Å². The fourth-order valence-corrected chi connectivity index (χ4v) is 11.8. The van der Waals surface area contributed by atoms with Crippen molar-refractivity contribution in [3.63, 3.8) is 0 Å². The molecule has 0 saturated heterocycles. The number of hydrogen-bond acceptors (Lipinski definition) is 4. The van der Waals surface area contributed by atoms with E-state index in [0.29, 0.717) is 12.0 Å². The van der Waals surface area contributed by atoms with Crippen LogP contribution in [0.2, 0.25) is 0 Å². The Morgan fingerprint density at radius 2 is 2.00 bits per heavy atom. The minimum absolute atomic E-state index is 0.371. The van der Waals surface area contributed by atoms with Crippen LogP contribution < -0.4 is 0 Å². The lowest BCUT2D eigenvalue weighted by Crippen LogP contribution is -2.41. The summed E-state index contributed by atoms with van der Waals surface area (Å²) in [5.41, 5.74) is 0.417. The molecule has 0 unspecified atom stereocenters. The minimum atomic E-state index is -0.371. The molecule has 0 aromatic rings. The lowest BCUT2D eigenvalue weighted by Gasteiger charge is -2.43. The van der Waals surface area contributed by atoms with Crippen LogP contribution >= 0.6 is 45.2 Å². The maximum atomic E-state index is 10.5. The molecule has 0 amide bonds. The van der Waals surface area contributed by atoms with Crippen LogP contribution in [0, 0.1) is 52.0 Å². The number of alkyl halides is 2. The normalized spacial score (nSPS) is 66.5. The van der Waals surface area contributed by atoms with Crippen molar-refractivity contribution in [1.82, 2.24) is 5.39 Å². The third-order valence-electron chi connectivity index (χ3n) is 7.30. The van der Waals surface area contributed by atoms with Gasteiger partial charge in [-0.2, -0.15) is 0 Å². The lowest BCUT2D eigenvalue weighted by molar-refractivity contribution is -0.308. The Hall–Kier alpha value is 1.30. The molecule has 10 atom stereocenters. The molecule has 6 saturated carbocycles. The van der Waals surface area contributed by atoms with Crippen molar-refractivity contribution in [3.8, 4) is 0 Å². The van der Waals surface area contributed by atoms with E-state index >= 15 is 0 Å². The zero-order valence-electron chi connectivity index (χ0n) is 10.3. The molecule has 6 aliphatic rings. The van der Waals surface area contributed by atoms with E-state index in [-0.39, 0.29) is 5.39 Å². The molecule has 6 bridgehead atoms. The van der Waals surface area contributed by atoms with Gasteiger partial charge < -0.3 is 10.4 Å². The van der Waals surface area contributed by atoms with Gasteiger partial charge in [0, 0.05) is 7.85 Å². The molecule has 6 aliphatic carbocycles. The van der Waals surface area contributed by atoms with Crippen LogP contribution in [0.1, 0.15) is 12.8 Å². The first-order valence-electron chi connectivity index (χ1n) is 7.16. The molecule has 0 aromatic carbocycles. The van der Waals surface area contributed by atoms with E-state index in [0.717, 1.165) is 55.7 Å². The highest BCUT2D eigenvalue weighted by Gasteiger charge is 2.87.